The first-order valence-electron chi connectivity index (χ1n) is 4.91. The topological polar surface area (TPSA) is 59.1 Å². The number of nitrogens with two attached hydrogens (primary N) is 1. The van der Waals surface area contributed by atoms with Crippen LogP contribution in [0.2, 0.25) is 0 Å². The Labute approximate surface area is 89.0 Å². The Hall–Kier alpha value is -0.450. The van der Waals surface area contributed by atoms with E-state index in [-0.39, 0.29) is 12.0 Å². The zero-order chi connectivity index (χ0) is 10.6. The lowest BCUT2D eigenvalue weighted by atomic mass is 9.89. The highest BCUT2D eigenvalue weighted by atomic mass is 32.1. The summed E-state index contributed by atoms with van der Waals surface area (Å²) in [6.45, 7) is 4.70. The SMILES string of the molecule is CC(C)C(CN)C(O)Cc1nccs1. The van der Waals surface area contributed by atoms with E-state index in [0.29, 0.717) is 18.9 Å². The molecule has 0 bridgehead atoms. The zero-order valence-corrected chi connectivity index (χ0v) is 9.50. The van der Waals surface area contributed by atoms with Crippen LogP contribution in [0, 0.1) is 11.8 Å². The van der Waals surface area contributed by atoms with Gasteiger partial charge in [-0.15, -0.1) is 11.3 Å². The molecule has 0 saturated heterocycles. The second-order valence-corrected chi connectivity index (χ2v) is 4.82. The molecule has 4 heteroatoms. The van der Waals surface area contributed by atoms with Gasteiger partial charge in [0.25, 0.3) is 0 Å². The lowest BCUT2D eigenvalue weighted by Crippen LogP contribution is -2.33. The van der Waals surface area contributed by atoms with Crippen LogP contribution in [0.15, 0.2) is 11.6 Å². The fraction of sp³-hybridized carbons (Fsp3) is 0.700. The van der Waals surface area contributed by atoms with Crippen molar-refractivity contribution in [3.05, 3.63) is 16.6 Å². The summed E-state index contributed by atoms with van der Waals surface area (Å²) >= 11 is 1.58. The highest BCUT2D eigenvalue weighted by molar-refractivity contribution is 7.09. The van der Waals surface area contributed by atoms with E-state index in [2.05, 4.69) is 18.8 Å². The average Bonchev–Trinajstić information content (AvgIpc) is 2.57. The van der Waals surface area contributed by atoms with Crippen molar-refractivity contribution in [2.75, 3.05) is 6.54 Å². The smallest absolute Gasteiger partial charge is 0.0950 e. The Morgan fingerprint density at radius 1 is 1.57 bits per heavy atom. The van der Waals surface area contributed by atoms with Crippen molar-refractivity contribution in [3.8, 4) is 0 Å². The second-order valence-electron chi connectivity index (χ2n) is 3.84. The van der Waals surface area contributed by atoms with Gasteiger partial charge in [-0.05, 0) is 18.4 Å². The summed E-state index contributed by atoms with van der Waals surface area (Å²) in [5.74, 6) is 0.578. The van der Waals surface area contributed by atoms with Crippen molar-refractivity contribution in [1.82, 2.24) is 4.98 Å². The summed E-state index contributed by atoms with van der Waals surface area (Å²) in [5.41, 5.74) is 5.63. The van der Waals surface area contributed by atoms with E-state index in [0.717, 1.165) is 5.01 Å². The minimum absolute atomic E-state index is 0.166. The molecule has 1 rings (SSSR count). The van der Waals surface area contributed by atoms with Crippen molar-refractivity contribution < 1.29 is 5.11 Å². The molecule has 2 unspecified atom stereocenters. The maximum Gasteiger partial charge on any atom is 0.0950 e. The van der Waals surface area contributed by atoms with Gasteiger partial charge in [-0.2, -0.15) is 0 Å². The monoisotopic (exact) mass is 214 g/mol. The molecule has 1 aromatic heterocycles. The van der Waals surface area contributed by atoms with Crippen molar-refractivity contribution in [3.63, 3.8) is 0 Å². The summed E-state index contributed by atoms with van der Waals surface area (Å²) in [6.07, 6.45) is 2.02. The minimum Gasteiger partial charge on any atom is -0.392 e. The molecule has 3 N–H and O–H groups in total. The van der Waals surface area contributed by atoms with Gasteiger partial charge >= 0.3 is 0 Å². The quantitative estimate of drug-likeness (QED) is 0.776. The Balaban J connectivity index is 2.51. The maximum atomic E-state index is 9.94. The van der Waals surface area contributed by atoms with Crippen LogP contribution in [0.4, 0.5) is 0 Å². The standard InChI is InChI=1S/C10H18N2OS/c1-7(2)8(6-11)9(13)5-10-12-3-4-14-10/h3-4,7-9,13H,5-6,11H2,1-2H3. The molecular weight excluding hydrogens is 196 g/mol. The van der Waals surface area contributed by atoms with Crippen LogP contribution in [0.1, 0.15) is 18.9 Å². The van der Waals surface area contributed by atoms with Crippen LogP contribution in [0.3, 0.4) is 0 Å². The van der Waals surface area contributed by atoms with Gasteiger partial charge in [-0.3, -0.25) is 0 Å². The van der Waals surface area contributed by atoms with Gasteiger partial charge in [0.1, 0.15) is 0 Å². The molecule has 0 aliphatic rings. The molecular formula is C10H18N2OS. The van der Waals surface area contributed by atoms with Crippen molar-refractivity contribution in [2.24, 2.45) is 17.6 Å². The molecule has 0 amide bonds. The Kier molecular flexibility index (Phi) is 4.51. The molecule has 1 heterocycles. The summed E-state index contributed by atoms with van der Waals surface area (Å²) in [6, 6.07) is 0. The number of nitrogens with zero attached hydrogens (tertiary/aromatic N) is 1. The van der Waals surface area contributed by atoms with Crippen molar-refractivity contribution in [2.45, 2.75) is 26.4 Å². The third-order valence-electron chi connectivity index (χ3n) is 2.49. The van der Waals surface area contributed by atoms with Crippen LogP contribution in [0.25, 0.3) is 0 Å². The van der Waals surface area contributed by atoms with E-state index >= 15 is 0 Å². The van der Waals surface area contributed by atoms with Gasteiger partial charge in [0.2, 0.25) is 0 Å². The highest BCUT2D eigenvalue weighted by Crippen LogP contribution is 2.18. The predicted molar refractivity (Wildman–Crippen MR) is 59.2 cm³/mol. The average molecular weight is 214 g/mol. The van der Waals surface area contributed by atoms with Gasteiger partial charge in [0, 0.05) is 18.0 Å². The lowest BCUT2D eigenvalue weighted by Gasteiger charge is -2.24. The molecule has 2 atom stereocenters. The van der Waals surface area contributed by atoms with E-state index in [1.807, 2.05) is 5.38 Å². The van der Waals surface area contributed by atoms with Gasteiger partial charge < -0.3 is 10.8 Å². The van der Waals surface area contributed by atoms with Crippen LogP contribution >= 0.6 is 11.3 Å². The molecule has 1 aromatic rings. The third kappa shape index (κ3) is 3.04. The minimum atomic E-state index is -0.369. The molecule has 0 aromatic carbocycles. The van der Waals surface area contributed by atoms with E-state index in [9.17, 15) is 5.11 Å². The van der Waals surface area contributed by atoms with E-state index < -0.39 is 0 Å². The predicted octanol–water partition coefficient (Wildman–Crippen LogP) is 1.28. The largest absolute Gasteiger partial charge is 0.392 e. The Morgan fingerprint density at radius 2 is 2.29 bits per heavy atom. The molecule has 0 aliphatic heterocycles. The van der Waals surface area contributed by atoms with E-state index in [1.54, 1.807) is 17.5 Å². The molecule has 0 fully saturated rings. The number of aliphatic hydroxyl groups is 1. The van der Waals surface area contributed by atoms with Crippen LogP contribution < -0.4 is 5.73 Å². The zero-order valence-electron chi connectivity index (χ0n) is 8.68. The summed E-state index contributed by atoms with van der Waals surface area (Å²) in [4.78, 5) is 4.15. The third-order valence-corrected chi connectivity index (χ3v) is 3.29. The maximum absolute atomic E-state index is 9.94. The molecule has 0 saturated carbocycles. The fourth-order valence-corrected chi connectivity index (χ4v) is 2.23. The Morgan fingerprint density at radius 3 is 2.71 bits per heavy atom. The first kappa shape index (κ1) is 11.6. The molecule has 0 spiro atoms. The number of thiazole rings is 1. The molecule has 14 heavy (non-hydrogen) atoms. The molecule has 0 aliphatic carbocycles. The second kappa shape index (κ2) is 5.44. The fourth-order valence-electron chi connectivity index (χ4n) is 1.56. The number of rotatable bonds is 5. The highest BCUT2D eigenvalue weighted by Gasteiger charge is 2.21. The summed E-state index contributed by atoms with van der Waals surface area (Å²) in [7, 11) is 0. The van der Waals surface area contributed by atoms with E-state index in [4.69, 9.17) is 5.73 Å². The van der Waals surface area contributed by atoms with Gasteiger partial charge in [-0.25, -0.2) is 4.98 Å². The first-order valence-corrected chi connectivity index (χ1v) is 5.79. The number of hydrogen-bond donors (Lipinski definition) is 2. The van der Waals surface area contributed by atoms with Gasteiger partial charge in [0.15, 0.2) is 0 Å². The first-order chi connectivity index (χ1) is 6.65. The normalized spacial score (nSPS) is 15.8. The van der Waals surface area contributed by atoms with Crippen LogP contribution in [-0.2, 0) is 6.42 Å². The molecule has 3 nitrogen and oxygen atoms in total. The number of aliphatic hydroxyl groups excluding tert-OH is 1. The number of aromatic nitrogens is 1. The van der Waals surface area contributed by atoms with Crippen LogP contribution in [0.5, 0.6) is 0 Å². The Bertz CT molecular complexity index is 249. The van der Waals surface area contributed by atoms with Crippen molar-refractivity contribution in [1.29, 1.82) is 0 Å². The van der Waals surface area contributed by atoms with E-state index in [1.165, 1.54) is 0 Å². The van der Waals surface area contributed by atoms with Gasteiger partial charge in [0.05, 0.1) is 11.1 Å². The molecule has 0 radical (unpaired) electrons. The summed E-state index contributed by atoms with van der Waals surface area (Å²) < 4.78 is 0. The van der Waals surface area contributed by atoms with Crippen molar-refractivity contribution >= 4 is 11.3 Å². The number of hydrogen-bond acceptors (Lipinski definition) is 4. The lowest BCUT2D eigenvalue weighted by molar-refractivity contribution is 0.0863. The summed E-state index contributed by atoms with van der Waals surface area (Å²) in [5, 5.41) is 12.8. The van der Waals surface area contributed by atoms with Crippen LogP contribution in [-0.4, -0.2) is 22.7 Å². The van der Waals surface area contributed by atoms with Gasteiger partial charge in [-0.1, -0.05) is 13.8 Å². The molecule has 80 valence electrons.